The third-order valence-corrected chi connectivity index (χ3v) is 4.37. The minimum atomic E-state index is 0.770. The van der Waals surface area contributed by atoms with Gasteiger partial charge in [-0.2, -0.15) is 5.10 Å². The average molecular weight is 304 g/mol. The molecule has 112 valence electrons. The zero-order valence-corrected chi connectivity index (χ0v) is 13.5. The fourth-order valence-corrected chi connectivity index (χ4v) is 2.96. The molecular weight excluding hydrogens is 282 g/mol. The van der Waals surface area contributed by atoms with Crippen molar-refractivity contribution in [3.63, 3.8) is 0 Å². The van der Waals surface area contributed by atoms with E-state index in [9.17, 15) is 0 Å². The van der Waals surface area contributed by atoms with E-state index in [4.69, 9.17) is 16.7 Å². The van der Waals surface area contributed by atoms with Crippen molar-refractivity contribution in [1.29, 1.82) is 0 Å². The summed E-state index contributed by atoms with van der Waals surface area (Å²) in [5.74, 6) is 0. The summed E-state index contributed by atoms with van der Waals surface area (Å²) < 4.78 is 2.09. The summed E-state index contributed by atoms with van der Waals surface area (Å²) in [6, 6.07) is 8.76. The second-order valence-corrected chi connectivity index (χ2v) is 6.35. The summed E-state index contributed by atoms with van der Waals surface area (Å²) in [4.78, 5) is 0. The Hall–Kier alpha value is -1.32. The molecule has 1 aliphatic rings. The van der Waals surface area contributed by atoms with Crippen molar-refractivity contribution in [2.75, 3.05) is 6.54 Å². The molecule has 0 unspecified atom stereocenters. The predicted octanol–water partition coefficient (Wildman–Crippen LogP) is 3.50. The van der Waals surface area contributed by atoms with E-state index in [-0.39, 0.29) is 0 Å². The lowest BCUT2D eigenvalue weighted by molar-refractivity contribution is 0.654. The molecule has 1 heterocycles. The van der Waals surface area contributed by atoms with Gasteiger partial charge in [-0.05, 0) is 62.9 Å². The van der Waals surface area contributed by atoms with Crippen molar-refractivity contribution < 1.29 is 0 Å². The molecule has 0 amide bonds. The van der Waals surface area contributed by atoms with Crippen LogP contribution in [0.5, 0.6) is 0 Å². The predicted molar refractivity (Wildman–Crippen MR) is 87.0 cm³/mol. The molecule has 0 bridgehead atoms. The maximum absolute atomic E-state index is 6.05. The Balaban J connectivity index is 1.70. The summed E-state index contributed by atoms with van der Waals surface area (Å²) in [5.41, 5.74) is 4.98. The smallest absolute Gasteiger partial charge is 0.0663 e. The quantitative estimate of drug-likeness (QED) is 0.885. The number of hydrogen-bond donors (Lipinski definition) is 1. The molecule has 0 saturated heterocycles. The number of aryl methyl sites for hydroxylation is 1. The van der Waals surface area contributed by atoms with Gasteiger partial charge in [-0.25, -0.2) is 0 Å². The molecule has 21 heavy (non-hydrogen) atoms. The van der Waals surface area contributed by atoms with Crippen molar-refractivity contribution in [3.8, 4) is 0 Å². The number of hydrogen-bond acceptors (Lipinski definition) is 2. The molecule has 2 aromatic rings. The monoisotopic (exact) mass is 303 g/mol. The number of rotatable bonds is 6. The van der Waals surface area contributed by atoms with Crippen LogP contribution in [0.3, 0.4) is 0 Å². The number of benzene rings is 1. The highest BCUT2D eigenvalue weighted by molar-refractivity contribution is 6.30. The van der Waals surface area contributed by atoms with Crippen LogP contribution in [0, 0.1) is 13.8 Å². The van der Waals surface area contributed by atoms with Gasteiger partial charge >= 0.3 is 0 Å². The van der Waals surface area contributed by atoms with Gasteiger partial charge in [0.25, 0.3) is 0 Å². The van der Waals surface area contributed by atoms with Crippen LogP contribution in [-0.2, 0) is 13.0 Å². The normalized spacial score (nSPS) is 14.6. The molecule has 3 nitrogen and oxygen atoms in total. The highest BCUT2D eigenvalue weighted by atomic mass is 35.5. The minimum absolute atomic E-state index is 0.770. The van der Waals surface area contributed by atoms with Gasteiger partial charge in [0.05, 0.1) is 12.2 Å². The van der Waals surface area contributed by atoms with Gasteiger partial charge in [-0.1, -0.05) is 23.7 Å². The molecule has 0 aliphatic heterocycles. The lowest BCUT2D eigenvalue weighted by atomic mass is 10.1. The van der Waals surface area contributed by atoms with E-state index in [0.717, 1.165) is 36.3 Å². The Morgan fingerprint density at radius 1 is 1.33 bits per heavy atom. The van der Waals surface area contributed by atoms with Crippen molar-refractivity contribution in [3.05, 3.63) is 51.8 Å². The first-order valence-corrected chi connectivity index (χ1v) is 8.02. The number of nitrogens with zero attached hydrogens (tertiary/aromatic N) is 2. The summed E-state index contributed by atoms with van der Waals surface area (Å²) in [6.45, 7) is 6.10. The van der Waals surface area contributed by atoms with Gasteiger partial charge in [-0.3, -0.25) is 4.68 Å². The van der Waals surface area contributed by atoms with Crippen molar-refractivity contribution >= 4 is 11.6 Å². The van der Waals surface area contributed by atoms with E-state index in [1.54, 1.807) is 0 Å². The molecule has 1 N–H and O–H groups in total. The van der Waals surface area contributed by atoms with Crippen molar-refractivity contribution in [2.45, 2.75) is 45.7 Å². The molecule has 1 aromatic carbocycles. The molecule has 1 fully saturated rings. The minimum Gasteiger partial charge on any atom is -0.314 e. The fourth-order valence-electron chi connectivity index (χ4n) is 2.75. The van der Waals surface area contributed by atoms with Gasteiger partial charge in [0.15, 0.2) is 0 Å². The average Bonchev–Trinajstić information content (AvgIpc) is 3.22. The van der Waals surface area contributed by atoms with E-state index < -0.39 is 0 Å². The molecular formula is C17H22ClN3. The fraction of sp³-hybridized carbons (Fsp3) is 0.471. The Kier molecular flexibility index (Phi) is 4.32. The summed E-state index contributed by atoms with van der Waals surface area (Å²) in [6.07, 6.45) is 3.74. The number of nitrogens with one attached hydrogen (secondary N) is 1. The lowest BCUT2D eigenvalue weighted by Crippen LogP contribution is -2.19. The van der Waals surface area contributed by atoms with Crippen LogP contribution >= 0.6 is 11.6 Å². The van der Waals surface area contributed by atoms with Crippen LogP contribution in [0.15, 0.2) is 24.3 Å². The number of aromatic nitrogens is 2. The molecule has 0 atom stereocenters. The highest BCUT2D eigenvalue weighted by Crippen LogP contribution is 2.20. The Morgan fingerprint density at radius 3 is 2.86 bits per heavy atom. The maximum atomic E-state index is 6.05. The highest BCUT2D eigenvalue weighted by Gasteiger charge is 2.20. The van der Waals surface area contributed by atoms with E-state index in [2.05, 4.69) is 29.9 Å². The molecule has 1 aromatic heterocycles. The molecule has 0 spiro atoms. The van der Waals surface area contributed by atoms with Crippen molar-refractivity contribution in [2.24, 2.45) is 0 Å². The van der Waals surface area contributed by atoms with Gasteiger partial charge in [0, 0.05) is 16.8 Å². The van der Waals surface area contributed by atoms with E-state index >= 15 is 0 Å². The Labute approximate surface area is 131 Å². The van der Waals surface area contributed by atoms with Crippen LogP contribution < -0.4 is 5.32 Å². The third kappa shape index (κ3) is 3.66. The van der Waals surface area contributed by atoms with E-state index in [0.29, 0.717) is 0 Å². The summed E-state index contributed by atoms with van der Waals surface area (Å²) in [7, 11) is 0. The van der Waals surface area contributed by atoms with Gasteiger partial charge in [0.1, 0.15) is 0 Å². The third-order valence-electron chi connectivity index (χ3n) is 4.14. The van der Waals surface area contributed by atoms with Crippen LogP contribution in [0.25, 0.3) is 0 Å². The first kappa shape index (κ1) is 14.6. The molecule has 0 radical (unpaired) electrons. The second kappa shape index (κ2) is 6.20. The zero-order chi connectivity index (χ0) is 14.8. The van der Waals surface area contributed by atoms with E-state index in [1.165, 1.54) is 29.7 Å². The molecule has 3 rings (SSSR count). The summed E-state index contributed by atoms with van der Waals surface area (Å²) >= 11 is 6.05. The number of halogens is 1. The molecule has 1 aliphatic carbocycles. The molecule has 1 saturated carbocycles. The topological polar surface area (TPSA) is 29.9 Å². The standard InChI is InChI=1S/C17H22ClN3/c1-12-17(8-9-19-16-6-7-16)13(2)21(20-12)11-14-4-3-5-15(18)10-14/h3-5,10,16,19H,6-9,11H2,1-2H3. The molecule has 4 heteroatoms. The van der Waals surface area contributed by atoms with E-state index in [1.807, 2.05) is 18.2 Å². The van der Waals surface area contributed by atoms with Crippen LogP contribution in [0.4, 0.5) is 0 Å². The van der Waals surface area contributed by atoms with Crippen LogP contribution in [-0.4, -0.2) is 22.4 Å². The lowest BCUT2D eigenvalue weighted by Gasteiger charge is -2.07. The first-order valence-electron chi connectivity index (χ1n) is 7.64. The first-order chi connectivity index (χ1) is 10.1. The summed E-state index contributed by atoms with van der Waals surface area (Å²) in [5, 5.41) is 9.05. The zero-order valence-electron chi connectivity index (χ0n) is 12.7. The van der Waals surface area contributed by atoms with Crippen LogP contribution in [0.1, 0.15) is 35.4 Å². The van der Waals surface area contributed by atoms with Crippen molar-refractivity contribution in [1.82, 2.24) is 15.1 Å². The maximum Gasteiger partial charge on any atom is 0.0663 e. The largest absolute Gasteiger partial charge is 0.314 e. The van der Waals surface area contributed by atoms with Gasteiger partial charge in [-0.15, -0.1) is 0 Å². The Morgan fingerprint density at radius 2 is 2.14 bits per heavy atom. The SMILES string of the molecule is Cc1nn(Cc2cccc(Cl)c2)c(C)c1CCNC1CC1. The van der Waals surface area contributed by atoms with Gasteiger partial charge in [0.2, 0.25) is 0 Å². The van der Waals surface area contributed by atoms with Gasteiger partial charge < -0.3 is 5.32 Å². The second-order valence-electron chi connectivity index (χ2n) is 5.92. The van der Waals surface area contributed by atoms with Crippen LogP contribution in [0.2, 0.25) is 5.02 Å². The Bertz CT molecular complexity index is 629.